The number of halogens is 1. The molecule has 0 aliphatic heterocycles. The molecule has 0 bridgehead atoms. The van der Waals surface area contributed by atoms with Gasteiger partial charge in [0.2, 0.25) is 0 Å². The molecule has 5 nitrogen and oxygen atoms in total. The molecule has 1 N–H and O–H groups in total. The largest absolute Gasteiger partial charge is 0.486 e. The van der Waals surface area contributed by atoms with Gasteiger partial charge in [-0.15, -0.1) is 0 Å². The third-order valence-electron chi connectivity index (χ3n) is 3.80. The Bertz CT molecular complexity index is 696. The van der Waals surface area contributed by atoms with Crippen molar-refractivity contribution in [2.45, 2.75) is 40.3 Å². The van der Waals surface area contributed by atoms with Gasteiger partial charge in [-0.2, -0.15) is 0 Å². The summed E-state index contributed by atoms with van der Waals surface area (Å²) in [5.41, 5.74) is 1.11. The molecular weight excluding hydrogens is 309 g/mol. The highest BCUT2D eigenvalue weighted by molar-refractivity contribution is 5.94. The van der Waals surface area contributed by atoms with E-state index in [0.29, 0.717) is 17.0 Å². The zero-order chi connectivity index (χ0) is 17.7. The first kappa shape index (κ1) is 17.8. The van der Waals surface area contributed by atoms with E-state index in [0.717, 1.165) is 6.20 Å². The summed E-state index contributed by atoms with van der Waals surface area (Å²) in [5, 5.41) is 2.96. The molecule has 0 aliphatic carbocycles. The van der Waals surface area contributed by atoms with Gasteiger partial charge < -0.3 is 10.1 Å². The van der Waals surface area contributed by atoms with Crippen molar-refractivity contribution in [2.75, 3.05) is 0 Å². The highest BCUT2D eigenvalue weighted by Crippen LogP contribution is 2.19. The Morgan fingerprint density at radius 3 is 2.62 bits per heavy atom. The van der Waals surface area contributed by atoms with Gasteiger partial charge in [0.05, 0.1) is 23.7 Å². The summed E-state index contributed by atoms with van der Waals surface area (Å²) in [6.07, 6.45) is 4.04. The maximum atomic E-state index is 13.0. The zero-order valence-corrected chi connectivity index (χ0v) is 14.3. The molecule has 0 unspecified atom stereocenters. The Morgan fingerprint density at radius 2 is 2.04 bits per heavy atom. The van der Waals surface area contributed by atoms with Gasteiger partial charge in [-0.05, 0) is 24.5 Å². The molecule has 0 aromatic carbocycles. The molecule has 24 heavy (non-hydrogen) atoms. The lowest BCUT2D eigenvalue weighted by Gasteiger charge is -2.28. The molecular formula is C18H22FN3O2. The SMILES string of the molecule is C[C@@H](NC(=O)c1ccc(COc2cncc(F)c2)nc1)C(C)(C)C. The molecule has 0 radical (unpaired) electrons. The van der Waals surface area contributed by atoms with Crippen molar-refractivity contribution in [1.29, 1.82) is 0 Å². The number of rotatable bonds is 5. The van der Waals surface area contributed by atoms with Crippen LogP contribution in [0.15, 0.2) is 36.8 Å². The number of ether oxygens (including phenoxy) is 1. The van der Waals surface area contributed by atoms with Crippen LogP contribution in [0.25, 0.3) is 0 Å². The van der Waals surface area contributed by atoms with Crippen LogP contribution in [0.5, 0.6) is 5.75 Å². The maximum absolute atomic E-state index is 13.0. The predicted molar refractivity (Wildman–Crippen MR) is 89.1 cm³/mol. The third kappa shape index (κ3) is 5.01. The number of carbonyl (C=O) groups excluding carboxylic acids is 1. The van der Waals surface area contributed by atoms with Gasteiger partial charge in [0.1, 0.15) is 18.2 Å². The molecule has 0 spiro atoms. The highest BCUT2D eigenvalue weighted by atomic mass is 19.1. The fourth-order valence-electron chi connectivity index (χ4n) is 1.77. The molecule has 6 heteroatoms. The van der Waals surface area contributed by atoms with Gasteiger partial charge in [-0.1, -0.05) is 20.8 Å². The van der Waals surface area contributed by atoms with Crippen LogP contribution in [-0.2, 0) is 6.61 Å². The predicted octanol–water partition coefficient (Wildman–Crippen LogP) is 3.36. The summed E-state index contributed by atoms with van der Waals surface area (Å²) < 4.78 is 18.4. The molecule has 128 valence electrons. The van der Waals surface area contributed by atoms with Gasteiger partial charge in [0.15, 0.2) is 0 Å². The first-order valence-corrected chi connectivity index (χ1v) is 7.75. The molecule has 0 aliphatic rings. The van der Waals surface area contributed by atoms with E-state index < -0.39 is 5.82 Å². The number of nitrogens with one attached hydrogen (secondary N) is 1. The number of carbonyl (C=O) groups is 1. The number of pyridine rings is 2. The number of hydrogen-bond acceptors (Lipinski definition) is 4. The average Bonchev–Trinajstić information content (AvgIpc) is 2.52. The van der Waals surface area contributed by atoms with E-state index in [1.54, 1.807) is 12.1 Å². The second-order valence-corrected chi connectivity index (χ2v) is 6.73. The molecule has 2 aromatic rings. The second kappa shape index (κ2) is 7.38. The quantitative estimate of drug-likeness (QED) is 0.912. The van der Waals surface area contributed by atoms with Crippen molar-refractivity contribution < 1.29 is 13.9 Å². The van der Waals surface area contributed by atoms with Crippen molar-refractivity contribution in [3.8, 4) is 5.75 Å². The fraction of sp³-hybridized carbons (Fsp3) is 0.389. The van der Waals surface area contributed by atoms with E-state index in [9.17, 15) is 9.18 Å². The van der Waals surface area contributed by atoms with Crippen LogP contribution in [0.2, 0.25) is 0 Å². The van der Waals surface area contributed by atoms with E-state index in [-0.39, 0.29) is 24.0 Å². The first-order valence-electron chi connectivity index (χ1n) is 7.75. The lowest BCUT2D eigenvalue weighted by Crippen LogP contribution is -2.41. The lowest BCUT2D eigenvalue weighted by atomic mass is 9.88. The van der Waals surface area contributed by atoms with Crippen molar-refractivity contribution in [2.24, 2.45) is 5.41 Å². The Morgan fingerprint density at radius 1 is 1.29 bits per heavy atom. The standard InChI is InChI=1S/C18H22FN3O2/c1-12(18(2,3)4)22-17(23)13-5-6-15(21-8-13)11-24-16-7-14(19)9-20-10-16/h5-10,12H,11H2,1-4H3,(H,22,23)/t12-/m1/s1. The molecule has 0 fully saturated rings. The summed E-state index contributed by atoms with van der Waals surface area (Å²) in [7, 11) is 0. The van der Waals surface area contributed by atoms with Crippen LogP contribution in [0, 0.1) is 11.2 Å². The van der Waals surface area contributed by atoms with E-state index in [4.69, 9.17) is 4.74 Å². The Kier molecular flexibility index (Phi) is 5.49. The smallest absolute Gasteiger partial charge is 0.253 e. The molecule has 2 heterocycles. The number of amides is 1. The monoisotopic (exact) mass is 331 g/mol. The third-order valence-corrected chi connectivity index (χ3v) is 3.80. The Balaban J connectivity index is 1.94. The van der Waals surface area contributed by atoms with E-state index in [1.807, 2.05) is 6.92 Å². The Hall–Kier alpha value is -2.50. The second-order valence-electron chi connectivity index (χ2n) is 6.73. The van der Waals surface area contributed by atoms with E-state index in [1.165, 1.54) is 18.5 Å². The minimum Gasteiger partial charge on any atom is -0.486 e. The van der Waals surface area contributed by atoms with Crippen molar-refractivity contribution in [1.82, 2.24) is 15.3 Å². The Labute approximate surface area is 141 Å². The first-order chi connectivity index (χ1) is 11.3. The van der Waals surface area contributed by atoms with Crippen LogP contribution in [0.3, 0.4) is 0 Å². The number of aromatic nitrogens is 2. The topological polar surface area (TPSA) is 64.1 Å². The van der Waals surface area contributed by atoms with Crippen molar-refractivity contribution >= 4 is 5.91 Å². The van der Waals surface area contributed by atoms with Crippen molar-refractivity contribution in [3.63, 3.8) is 0 Å². The summed E-state index contributed by atoms with van der Waals surface area (Å²) >= 11 is 0. The zero-order valence-electron chi connectivity index (χ0n) is 14.3. The molecule has 1 atom stereocenters. The summed E-state index contributed by atoms with van der Waals surface area (Å²) in [4.78, 5) is 20.1. The van der Waals surface area contributed by atoms with Gasteiger partial charge in [-0.25, -0.2) is 4.39 Å². The number of hydrogen-bond donors (Lipinski definition) is 1. The van der Waals surface area contributed by atoms with Crippen LogP contribution < -0.4 is 10.1 Å². The van der Waals surface area contributed by atoms with Crippen LogP contribution >= 0.6 is 0 Å². The van der Waals surface area contributed by atoms with Crippen LogP contribution in [0.4, 0.5) is 4.39 Å². The van der Waals surface area contributed by atoms with Gasteiger partial charge in [0, 0.05) is 18.3 Å². The van der Waals surface area contributed by atoms with E-state index >= 15 is 0 Å². The summed E-state index contributed by atoms with van der Waals surface area (Å²) in [5.74, 6) is -0.287. The minimum atomic E-state index is -0.458. The van der Waals surface area contributed by atoms with E-state index in [2.05, 4.69) is 36.1 Å². The molecule has 2 aromatic heterocycles. The number of nitrogens with zero attached hydrogens (tertiary/aromatic N) is 2. The highest BCUT2D eigenvalue weighted by Gasteiger charge is 2.22. The van der Waals surface area contributed by atoms with Gasteiger partial charge >= 0.3 is 0 Å². The molecule has 0 saturated heterocycles. The maximum Gasteiger partial charge on any atom is 0.253 e. The van der Waals surface area contributed by atoms with Gasteiger partial charge in [-0.3, -0.25) is 14.8 Å². The summed E-state index contributed by atoms with van der Waals surface area (Å²) in [6.45, 7) is 8.35. The normalized spacial score (nSPS) is 12.5. The van der Waals surface area contributed by atoms with Crippen LogP contribution in [-0.4, -0.2) is 21.9 Å². The summed E-state index contributed by atoms with van der Waals surface area (Å²) in [6, 6.07) is 4.69. The fourth-order valence-corrected chi connectivity index (χ4v) is 1.77. The molecule has 0 saturated carbocycles. The van der Waals surface area contributed by atoms with Crippen LogP contribution in [0.1, 0.15) is 43.7 Å². The van der Waals surface area contributed by atoms with Crippen molar-refractivity contribution in [3.05, 3.63) is 53.9 Å². The minimum absolute atomic E-state index is 0.0180. The molecule has 1 amide bonds. The van der Waals surface area contributed by atoms with Gasteiger partial charge in [0.25, 0.3) is 5.91 Å². The molecule has 2 rings (SSSR count). The lowest BCUT2D eigenvalue weighted by molar-refractivity contribution is 0.0909. The average molecular weight is 331 g/mol.